The number of ether oxygens (including phenoxy) is 2. The molecule has 2 N–H and O–H groups in total. The molecule has 0 aliphatic carbocycles. The molecule has 1 fully saturated rings. The number of amides is 1. The molecule has 8 heteroatoms. The van der Waals surface area contributed by atoms with Gasteiger partial charge in [0.2, 0.25) is 5.54 Å². The lowest BCUT2D eigenvalue weighted by Crippen LogP contribution is -2.67. The molecule has 0 saturated carbocycles. The van der Waals surface area contributed by atoms with E-state index in [1.807, 2.05) is 13.0 Å². The predicted molar refractivity (Wildman–Crippen MR) is 111 cm³/mol. The fourth-order valence-corrected chi connectivity index (χ4v) is 5.03. The Morgan fingerprint density at radius 1 is 1.27 bits per heavy atom. The van der Waals surface area contributed by atoms with Gasteiger partial charge in [-0.1, -0.05) is 17.7 Å². The number of aliphatic imine (C=N–C) groups is 1. The molecule has 156 valence electrons. The number of hydrogen-bond acceptors (Lipinski definition) is 5. The van der Waals surface area contributed by atoms with Crippen molar-refractivity contribution in [3.05, 3.63) is 52.8 Å². The third kappa shape index (κ3) is 2.45. The van der Waals surface area contributed by atoms with E-state index in [1.54, 1.807) is 25.2 Å². The number of nitrogens with two attached hydrogens (primary N) is 1. The third-order valence-electron chi connectivity index (χ3n) is 6.42. The lowest BCUT2D eigenvalue weighted by Gasteiger charge is -2.52. The zero-order valence-electron chi connectivity index (χ0n) is 16.6. The molecule has 3 aliphatic rings. The molecule has 0 unspecified atom stereocenters. The van der Waals surface area contributed by atoms with E-state index in [9.17, 15) is 9.18 Å². The molecule has 0 radical (unpaired) electrons. The highest BCUT2D eigenvalue weighted by Gasteiger charge is 2.68. The fourth-order valence-electron chi connectivity index (χ4n) is 4.81. The Bertz CT molecular complexity index is 1090. The molecular weight excluding hydrogens is 409 g/mol. The van der Waals surface area contributed by atoms with Crippen molar-refractivity contribution in [2.24, 2.45) is 10.7 Å². The Hall–Kier alpha value is -2.64. The van der Waals surface area contributed by atoms with E-state index < -0.39 is 17.0 Å². The monoisotopic (exact) mass is 429 g/mol. The molecule has 1 amide bonds. The first kappa shape index (κ1) is 19.3. The van der Waals surface area contributed by atoms with Crippen LogP contribution in [0.25, 0.3) is 11.1 Å². The van der Waals surface area contributed by atoms with E-state index >= 15 is 0 Å². The highest BCUT2D eigenvalue weighted by atomic mass is 35.5. The van der Waals surface area contributed by atoms with Crippen LogP contribution < -0.4 is 10.5 Å². The molecular formula is C22H21ClFN3O3. The van der Waals surface area contributed by atoms with Crippen LogP contribution in [0.5, 0.6) is 5.75 Å². The average Bonchev–Trinajstić information content (AvgIpc) is 2.94. The van der Waals surface area contributed by atoms with Gasteiger partial charge >= 0.3 is 0 Å². The van der Waals surface area contributed by atoms with Crippen LogP contribution in [0.2, 0.25) is 5.02 Å². The third-order valence-corrected chi connectivity index (χ3v) is 6.64. The summed E-state index contributed by atoms with van der Waals surface area (Å²) in [4.78, 5) is 19.6. The normalized spacial score (nSPS) is 30.0. The number of fused-ring (bicyclic) bond motifs is 4. The Morgan fingerprint density at radius 3 is 2.77 bits per heavy atom. The second-order valence-corrected chi connectivity index (χ2v) is 8.55. The Morgan fingerprint density at radius 2 is 2.07 bits per heavy atom. The number of carbonyl (C=O) groups is 1. The number of likely N-dealkylation sites (N-methyl/N-ethyl adjacent to an activating group) is 1. The maximum absolute atomic E-state index is 14.0. The van der Waals surface area contributed by atoms with Crippen molar-refractivity contribution in [1.82, 2.24) is 4.90 Å². The number of carbonyl (C=O) groups excluding carboxylic acids is 1. The Labute approximate surface area is 178 Å². The first-order chi connectivity index (χ1) is 14.3. The van der Waals surface area contributed by atoms with Gasteiger partial charge in [-0.3, -0.25) is 9.69 Å². The summed E-state index contributed by atoms with van der Waals surface area (Å²) in [6, 6.07) is 9.72. The second-order valence-electron chi connectivity index (χ2n) is 8.12. The summed E-state index contributed by atoms with van der Waals surface area (Å²) < 4.78 is 26.4. The molecule has 1 saturated heterocycles. The molecule has 3 heterocycles. The van der Waals surface area contributed by atoms with E-state index in [2.05, 4.69) is 4.99 Å². The highest BCUT2D eigenvalue weighted by molar-refractivity contribution is 6.30. The van der Waals surface area contributed by atoms with E-state index in [-0.39, 0.29) is 23.0 Å². The molecule has 2 aromatic carbocycles. The van der Waals surface area contributed by atoms with Crippen LogP contribution in [0.3, 0.4) is 0 Å². The van der Waals surface area contributed by atoms with Gasteiger partial charge in [0, 0.05) is 24.2 Å². The minimum absolute atomic E-state index is 0.126. The molecule has 5 rings (SSSR count). The van der Waals surface area contributed by atoms with Crippen molar-refractivity contribution >= 4 is 23.5 Å². The highest BCUT2D eigenvalue weighted by Crippen LogP contribution is 2.55. The minimum atomic E-state index is -1.38. The summed E-state index contributed by atoms with van der Waals surface area (Å²) >= 11 is 6.05. The van der Waals surface area contributed by atoms with Gasteiger partial charge in [0.25, 0.3) is 5.91 Å². The average molecular weight is 430 g/mol. The first-order valence-corrected chi connectivity index (χ1v) is 10.2. The topological polar surface area (TPSA) is 77.2 Å². The molecule has 3 atom stereocenters. The van der Waals surface area contributed by atoms with Gasteiger partial charge < -0.3 is 15.2 Å². The summed E-state index contributed by atoms with van der Waals surface area (Å²) in [6.45, 7) is 2.36. The number of hydrogen-bond donors (Lipinski definition) is 1. The number of benzene rings is 2. The van der Waals surface area contributed by atoms with Crippen LogP contribution in [-0.4, -0.2) is 42.1 Å². The van der Waals surface area contributed by atoms with E-state index in [0.29, 0.717) is 29.0 Å². The number of nitrogens with zero attached hydrogens (tertiary/aromatic N) is 2. The Balaban J connectivity index is 1.77. The molecule has 1 spiro atoms. The summed E-state index contributed by atoms with van der Waals surface area (Å²) in [5.41, 5.74) is 5.52. The summed E-state index contributed by atoms with van der Waals surface area (Å²) in [6.07, 6.45) is 1.22. The Kier molecular flexibility index (Phi) is 4.14. The largest absolute Gasteiger partial charge is 0.487 e. The molecule has 3 aliphatic heterocycles. The van der Waals surface area contributed by atoms with Crippen LogP contribution in [-0.2, 0) is 15.1 Å². The van der Waals surface area contributed by atoms with Crippen LogP contribution in [0, 0.1) is 5.82 Å². The van der Waals surface area contributed by atoms with E-state index in [4.69, 9.17) is 26.8 Å². The van der Waals surface area contributed by atoms with Crippen LogP contribution in [0.4, 0.5) is 4.39 Å². The molecule has 6 nitrogen and oxygen atoms in total. The van der Waals surface area contributed by atoms with Crippen molar-refractivity contribution in [2.75, 3.05) is 13.7 Å². The van der Waals surface area contributed by atoms with Crippen molar-refractivity contribution in [2.45, 2.75) is 37.0 Å². The van der Waals surface area contributed by atoms with Gasteiger partial charge in [-0.15, -0.1) is 0 Å². The van der Waals surface area contributed by atoms with Gasteiger partial charge in [0.15, 0.2) is 5.96 Å². The van der Waals surface area contributed by atoms with E-state index in [0.717, 1.165) is 12.8 Å². The van der Waals surface area contributed by atoms with Gasteiger partial charge in [-0.05, 0) is 61.2 Å². The van der Waals surface area contributed by atoms with Gasteiger partial charge in [-0.25, -0.2) is 9.38 Å². The zero-order valence-corrected chi connectivity index (χ0v) is 17.4. The minimum Gasteiger partial charge on any atom is -0.487 e. The van der Waals surface area contributed by atoms with Gasteiger partial charge in [0.1, 0.15) is 23.3 Å². The smallest absolute Gasteiger partial charge is 0.265 e. The molecule has 0 bridgehead atoms. The zero-order chi connectivity index (χ0) is 21.3. The van der Waals surface area contributed by atoms with Gasteiger partial charge in [0.05, 0.1) is 0 Å². The fraction of sp³-hybridized carbons (Fsp3) is 0.364. The van der Waals surface area contributed by atoms with Crippen molar-refractivity contribution in [1.29, 1.82) is 0 Å². The van der Waals surface area contributed by atoms with Crippen LogP contribution in [0.1, 0.15) is 25.3 Å². The van der Waals surface area contributed by atoms with Crippen molar-refractivity contribution in [3.63, 3.8) is 0 Å². The molecule has 2 aromatic rings. The lowest BCUT2D eigenvalue weighted by atomic mass is 9.68. The van der Waals surface area contributed by atoms with Gasteiger partial charge in [-0.2, -0.15) is 0 Å². The number of halogens is 2. The number of rotatable bonds is 1. The first-order valence-electron chi connectivity index (χ1n) is 9.81. The van der Waals surface area contributed by atoms with Crippen molar-refractivity contribution in [3.8, 4) is 16.9 Å². The second kappa shape index (κ2) is 6.43. The summed E-state index contributed by atoms with van der Waals surface area (Å²) in [5.74, 6) is -0.0354. The van der Waals surface area contributed by atoms with Crippen LogP contribution in [0.15, 0.2) is 41.4 Å². The van der Waals surface area contributed by atoms with E-state index in [1.165, 1.54) is 17.0 Å². The van der Waals surface area contributed by atoms with Crippen LogP contribution >= 0.6 is 11.6 Å². The summed E-state index contributed by atoms with van der Waals surface area (Å²) in [5, 5.41) is 0.287. The van der Waals surface area contributed by atoms with Crippen molar-refractivity contribution < 1.29 is 18.7 Å². The molecule has 0 aromatic heterocycles. The quantitative estimate of drug-likeness (QED) is 0.753. The molecule has 30 heavy (non-hydrogen) atoms. The standard InChI is InChI=1S/C22H21ClFN3O3/c1-21-18(4-3-7-29-21)30-17-6-5-12(13-8-14(23)11-15(24)9-13)10-16(17)22(21)19(28)27(2)20(25)26-22/h5-6,8-11,18H,3-4,7H2,1-2H3,(H2,25,26)/t18-,21-,22+/m0/s1. The summed E-state index contributed by atoms with van der Waals surface area (Å²) in [7, 11) is 1.60. The lowest BCUT2D eigenvalue weighted by molar-refractivity contribution is -0.191. The number of guanidine groups is 1. The predicted octanol–water partition coefficient (Wildman–Crippen LogP) is 3.46. The maximum atomic E-state index is 14.0. The SMILES string of the molecule is CN1C(=O)[C@]2(N=C1N)c1cc(-c3cc(F)cc(Cl)c3)ccc1O[C@H]1CCCO[C@@]12C. The maximum Gasteiger partial charge on any atom is 0.265 e.